The highest BCUT2D eigenvalue weighted by atomic mass is 16.5. The van der Waals surface area contributed by atoms with Gasteiger partial charge in [0.1, 0.15) is 5.75 Å². The Morgan fingerprint density at radius 2 is 1.84 bits per heavy atom. The number of carbonyl (C=O) groups is 2. The smallest absolute Gasteiger partial charge is 0.296 e. The van der Waals surface area contributed by atoms with Gasteiger partial charge < -0.3 is 14.8 Å². The topological polar surface area (TPSA) is 95.5 Å². The van der Waals surface area contributed by atoms with Crippen LogP contribution in [0.15, 0.2) is 47.7 Å². The minimum Gasteiger partial charge on any atom is -0.503 e. The summed E-state index contributed by atoms with van der Waals surface area (Å²) in [4.78, 5) is 35.8. The molecule has 1 atom stereocenters. The van der Waals surface area contributed by atoms with Crippen LogP contribution in [0.4, 0.5) is 5.95 Å². The molecule has 1 unspecified atom stereocenters. The predicted molar refractivity (Wildman–Crippen MR) is 123 cm³/mol. The summed E-state index contributed by atoms with van der Waals surface area (Å²) in [7, 11) is 1.55. The molecule has 7 heteroatoms. The maximum absolute atomic E-state index is 13.3. The van der Waals surface area contributed by atoms with Gasteiger partial charge in [-0.3, -0.25) is 14.5 Å². The number of methoxy groups -OCH3 is 1. The standard InChI is InChI=1S/C25H27N3O4/c1-13-10-17-18(11-14(13)2)27-24(26-17)28-20(15-8-7-9-16(12-15)32-6)19(21(29)23(28)31)22(30)25(3,4)5/h7-12,20,29H,1-6H3,(H,26,27). The van der Waals surface area contributed by atoms with E-state index in [4.69, 9.17) is 4.74 Å². The third-order valence-corrected chi connectivity index (χ3v) is 5.86. The second kappa shape index (κ2) is 7.51. The van der Waals surface area contributed by atoms with Gasteiger partial charge in [-0.05, 0) is 54.8 Å². The van der Waals surface area contributed by atoms with E-state index in [0.717, 1.165) is 16.6 Å². The average molecular weight is 434 g/mol. The summed E-state index contributed by atoms with van der Waals surface area (Å²) < 4.78 is 5.36. The third-order valence-electron chi connectivity index (χ3n) is 5.86. The average Bonchev–Trinajstić information content (AvgIpc) is 3.25. The fraction of sp³-hybridized carbons (Fsp3) is 0.320. The zero-order chi connectivity index (χ0) is 23.4. The van der Waals surface area contributed by atoms with Crippen LogP contribution in [0.25, 0.3) is 11.0 Å². The molecule has 1 aliphatic heterocycles. The van der Waals surface area contributed by atoms with Gasteiger partial charge >= 0.3 is 0 Å². The number of H-pyrrole nitrogens is 1. The molecule has 7 nitrogen and oxygen atoms in total. The predicted octanol–water partition coefficient (Wildman–Crippen LogP) is 4.70. The number of hydrogen-bond acceptors (Lipinski definition) is 5. The molecule has 0 spiro atoms. The van der Waals surface area contributed by atoms with Gasteiger partial charge in [-0.1, -0.05) is 32.9 Å². The Morgan fingerprint density at radius 1 is 1.16 bits per heavy atom. The molecule has 1 aliphatic rings. The molecule has 2 N–H and O–H groups in total. The van der Waals surface area contributed by atoms with Crippen molar-refractivity contribution in [2.24, 2.45) is 5.41 Å². The lowest BCUT2D eigenvalue weighted by Gasteiger charge is -2.27. The van der Waals surface area contributed by atoms with E-state index in [2.05, 4.69) is 9.97 Å². The highest BCUT2D eigenvalue weighted by Gasteiger charge is 2.47. The highest BCUT2D eigenvalue weighted by Crippen LogP contribution is 2.43. The minimum absolute atomic E-state index is 0.0589. The molecule has 0 saturated carbocycles. The van der Waals surface area contributed by atoms with Crippen LogP contribution in [-0.2, 0) is 9.59 Å². The number of carbonyl (C=O) groups excluding carboxylic acids is 2. The van der Waals surface area contributed by atoms with Gasteiger partial charge in [0.15, 0.2) is 11.5 Å². The van der Waals surface area contributed by atoms with E-state index in [9.17, 15) is 14.7 Å². The molecule has 2 heterocycles. The number of rotatable bonds is 4. The molecular weight excluding hydrogens is 406 g/mol. The number of aromatic amines is 1. The quantitative estimate of drug-likeness (QED) is 0.622. The summed E-state index contributed by atoms with van der Waals surface area (Å²) in [5.41, 5.74) is 3.56. The van der Waals surface area contributed by atoms with E-state index in [0.29, 0.717) is 16.8 Å². The minimum atomic E-state index is -0.841. The number of hydrogen-bond donors (Lipinski definition) is 2. The number of imidazole rings is 1. The summed E-state index contributed by atoms with van der Waals surface area (Å²) in [5, 5.41) is 10.8. The van der Waals surface area contributed by atoms with E-state index in [1.165, 1.54) is 4.90 Å². The molecule has 0 bridgehead atoms. The zero-order valence-electron chi connectivity index (χ0n) is 19.1. The molecule has 4 rings (SSSR count). The van der Waals surface area contributed by atoms with Crippen molar-refractivity contribution < 1.29 is 19.4 Å². The van der Waals surface area contributed by atoms with Crippen molar-refractivity contribution in [3.8, 4) is 5.75 Å². The Morgan fingerprint density at radius 3 is 2.50 bits per heavy atom. The summed E-state index contributed by atoms with van der Waals surface area (Å²) in [6.45, 7) is 9.29. The lowest BCUT2D eigenvalue weighted by molar-refractivity contribution is -0.123. The first-order valence-corrected chi connectivity index (χ1v) is 10.5. The third kappa shape index (κ3) is 3.43. The molecule has 32 heavy (non-hydrogen) atoms. The van der Waals surface area contributed by atoms with Gasteiger partial charge in [-0.2, -0.15) is 0 Å². The largest absolute Gasteiger partial charge is 0.503 e. The summed E-state index contributed by atoms with van der Waals surface area (Å²) in [6, 6.07) is 10.2. The van der Waals surface area contributed by atoms with Crippen LogP contribution in [0.1, 0.15) is 43.5 Å². The number of aromatic nitrogens is 2. The number of nitrogens with zero attached hydrogens (tertiary/aromatic N) is 2. The number of fused-ring (bicyclic) bond motifs is 1. The van der Waals surface area contributed by atoms with Crippen molar-refractivity contribution in [1.82, 2.24) is 9.97 Å². The number of amides is 1. The van der Waals surface area contributed by atoms with Gasteiger partial charge in [-0.25, -0.2) is 4.98 Å². The highest BCUT2D eigenvalue weighted by molar-refractivity contribution is 6.17. The van der Waals surface area contributed by atoms with Crippen molar-refractivity contribution in [2.45, 2.75) is 40.7 Å². The van der Waals surface area contributed by atoms with Crippen LogP contribution in [0.5, 0.6) is 5.75 Å². The van der Waals surface area contributed by atoms with Gasteiger partial charge in [0.05, 0.1) is 29.8 Å². The summed E-state index contributed by atoms with van der Waals surface area (Å²) in [6.07, 6.45) is 0. The van der Waals surface area contributed by atoms with Gasteiger partial charge in [-0.15, -0.1) is 0 Å². The van der Waals surface area contributed by atoms with Gasteiger partial charge in [0, 0.05) is 5.41 Å². The second-order valence-corrected chi connectivity index (χ2v) is 9.21. The lowest BCUT2D eigenvalue weighted by atomic mass is 9.82. The number of nitrogens with one attached hydrogen (secondary N) is 1. The maximum atomic E-state index is 13.3. The molecular formula is C25H27N3O4. The van der Waals surface area contributed by atoms with Crippen LogP contribution < -0.4 is 9.64 Å². The Kier molecular flexibility index (Phi) is 5.07. The van der Waals surface area contributed by atoms with Gasteiger partial charge in [0.2, 0.25) is 5.95 Å². The fourth-order valence-electron chi connectivity index (χ4n) is 3.96. The normalized spacial score (nSPS) is 16.9. The molecule has 2 aromatic carbocycles. The van der Waals surface area contributed by atoms with E-state index in [1.807, 2.05) is 26.0 Å². The van der Waals surface area contributed by atoms with Crippen molar-refractivity contribution in [1.29, 1.82) is 0 Å². The van der Waals surface area contributed by atoms with Crippen LogP contribution in [-0.4, -0.2) is 33.9 Å². The van der Waals surface area contributed by atoms with E-state index in [1.54, 1.807) is 52.1 Å². The Balaban J connectivity index is 1.93. The molecule has 0 saturated heterocycles. The molecule has 0 aliphatic carbocycles. The van der Waals surface area contributed by atoms with E-state index < -0.39 is 23.1 Å². The van der Waals surface area contributed by atoms with Gasteiger partial charge in [0.25, 0.3) is 5.91 Å². The van der Waals surface area contributed by atoms with Crippen molar-refractivity contribution in [2.75, 3.05) is 12.0 Å². The second-order valence-electron chi connectivity index (χ2n) is 9.21. The van der Waals surface area contributed by atoms with Crippen molar-refractivity contribution >= 4 is 28.7 Å². The van der Waals surface area contributed by atoms with Crippen LogP contribution >= 0.6 is 0 Å². The Bertz CT molecular complexity index is 1240. The molecule has 166 valence electrons. The van der Waals surface area contributed by atoms with Crippen LogP contribution in [0.3, 0.4) is 0 Å². The SMILES string of the molecule is COc1cccc(C2C(C(=O)C(C)(C)C)=C(O)C(=O)N2c2nc3cc(C)c(C)cc3[nH]2)c1. The number of ketones is 1. The number of benzene rings is 2. The monoisotopic (exact) mass is 433 g/mol. The first-order chi connectivity index (χ1) is 15.0. The molecule has 1 amide bonds. The van der Waals surface area contributed by atoms with E-state index >= 15 is 0 Å². The summed E-state index contributed by atoms with van der Waals surface area (Å²) >= 11 is 0. The summed E-state index contributed by atoms with van der Waals surface area (Å²) in [5.74, 6) is -0.671. The van der Waals surface area contributed by atoms with Crippen LogP contribution in [0, 0.1) is 19.3 Å². The number of anilines is 1. The van der Waals surface area contributed by atoms with Crippen molar-refractivity contribution in [3.05, 3.63) is 64.4 Å². The first-order valence-electron chi connectivity index (χ1n) is 10.5. The Hall–Kier alpha value is -3.61. The fourth-order valence-corrected chi connectivity index (χ4v) is 3.96. The number of aliphatic hydroxyl groups is 1. The molecule has 0 radical (unpaired) electrons. The Labute approximate surface area is 186 Å². The lowest BCUT2D eigenvalue weighted by Crippen LogP contribution is -2.33. The number of Topliss-reactive ketones (excluding diaryl/α,β-unsaturated/α-hetero) is 1. The van der Waals surface area contributed by atoms with Crippen LogP contribution in [0.2, 0.25) is 0 Å². The number of aryl methyl sites for hydroxylation is 2. The molecule has 3 aromatic rings. The molecule has 0 fully saturated rings. The first kappa shape index (κ1) is 21.6. The number of aliphatic hydroxyl groups excluding tert-OH is 1. The van der Waals surface area contributed by atoms with E-state index in [-0.39, 0.29) is 17.3 Å². The number of ether oxygens (including phenoxy) is 1. The zero-order valence-corrected chi connectivity index (χ0v) is 19.1. The van der Waals surface area contributed by atoms with Crippen molar-refractivity contribution in [3.63, 3.8) is 0 Å². The molecule has 1 aromatic heterocycles. The maximum Gasteiger partial charge on any atom is 0.296 e.